The molecule has 0 aromatic carbocycles. The second kappa shape index (κ2) is 6.15. The largest absolute Gasteiger partial charge is 0.327 e. The lowest BCUT2D eigenvalue weighted by atomic mass is 9.68. The Morgan fingerprint density at radius 1 is 1.40 bits per heavy atom. The Hall–Kier alpha value is 0.220. The van der Waals surface area contributed by atoms with Crippen LogP contribution in [0.4, 0.5) is 0 Å². The summed E-state index contributed by atoms with van der Waals surface area (Å²) in [4.78, 5) is 2.16. The topological polar surface area (TPSA) is 63.4 Å². The maximum Gasteiger partial charge on any atom is 0.164 e. The summed E-state index contributed by atoms with van der Waals surface area (Å²) in [7, 11) is -3.01. The van der Waals surface area contributed by atoms with Gasteiger partial charge in [0.25, 0.3) is 0 Å². The van der Waals surface area contributed by atoms with Crippen LogP contribution in [0.25, 0.3) is 0 Å². The van der Waals surface area contributed by atoms with Gasteiger partial charge in [0.2, 0.25) is 0 Å². The van der Waals surface area contributed by atoms with Gasteiger partial charge in [0.15, 0.2) is 9.84 Å². The zero-order valence-corrected chi connectivity index (χ0v) is 14.5. The molecule has 2 aliphatic rings. The van der Waals surface area contributed by atoms with Gasteiger partial charge in [0.05, 0.1) is 0 Å². The fourth-order valence-corrected chi connectivity index (χ4v) is 6.48. The SMILES string of the molecule is CC1(C)CCCC(CN2CCSCC2S(C)(=O)=O)C1N. The lowest BCUT2D eigenvalue weighted by molar-refractivity contribution is 0.101. The minimum atomic E-state index is -3.01. The maximum atomic E-state index is 12.0. The average Bonchev–Trinajstić information content (AvgIpc) is 2.34. The Morgan fingerprint density at radius 2 is 2.10 bits per heavy atom. The Bertz CT molecular complexity index is 436. The molecular formula is C14H28N2O2S2. The summed E-state index contributed by atoms with van der Waals surface area (Å²) < 4.78 is 23.9. The van der Waals surface area contributed by atoms with Gasteiger partial charge >= 0.3 is 0 Å². The van der Waals surface area contributed by atoms with Crippen LogP contribution in [0.15, 0.2) is 0 Å². The summed E-state index contributed by atoms with van der Waals surface area (Å²) in [6.07, 6.45) is 4.87. The van der Waals surface area contributed by atoms with Crippen LogP contribution in [0.1, 0.15) is 33.1 Å². The van der Waals surface area contributed by atoms with Crippen molar-refractivity contribution < 1.29 is 8.42 Å². The van der Waals surface area contributed by atoms with Gasteiger partial charge in [-0.1, -0.05) is 20.3 Å². The van der Waals surface area contributed by atoms with Crippen molar-refractivity contribution in [3.05, 3.63) is 0 Å². The van der Waals surface area contributed by atoms with E-state index in [1.165, 1.54) is 19.1 Å². The van der Waals surface area contributed by atoms with Gasteiger partial charge in [-0.3, -0.25) is 4.90 Å². The molecule has 0 amide bonds. The standard InChI is InChI=1S/C14H28N2O2S2/c1-14(2)6-4-5-11(13(14)15)9-16-7-8-19-10-12(16)20(3,17)18/h11-13H,4-10,15H2,1-3H3. The lowest BCUT2D eigenvalue weighted by Crippen LogP contribution is -2.54. The summed E-state index contributed by atoms with van der Waals surface area (Å²) in [5, 5.41) is -0.321. The summed E-state index contributed by atoms with van der Waals surface area (Å²) in [5.41, 5.74) is 6.62. The quantitative estimate of drug-likeness (QED) is 0.855. The van der Waals surface area contributed by atoms with Gasteiger partial charge in [0.1, 0.15) is 5.37 Å². The monoisotopic (exact) mass is 320 g/mol. The molecule has 3 atom stereocenters. The highest BCUT2D eigenvalue weighted by atomic mass is 32.2. The Kier molecular flexibility index (Phi) is 5.10. The average molecular weight is 321 g/mol. The molecule has 20 heavy (non-hydrogen) atoms. The molecule has 0 aromatic rings. The molecule has 0 spiro atoms. The molecule has 118 valence electrons. The van der Waals surface area contributed by atoms with Crippen molar-refractivity contribution in [1.82, 2.24) is 4.90 Å². The molecule has 2 rings (SSSR count). The highest BCUT2D eigenvalue weighted by molar-refractivity contribution is 8.00. The predicted molar refractivity (Wildman–Crippen MR) is 86.6 cm³/mol. The van der Waals surface area contributed by atoms with Crippen LogP contribution < -0.4 is 5.73 Å². The minimum absolute atomic E-state index is 0.172. The molecule has 0 bridgehead atoms. The van der Waals surface area contributed by atoms with Crippen LogP contribution in [-0.4, -0.2) is 55.6 Å². The van der Waals surface area contributed by atoms with Crippen LogP contribution >= 0.6 is 11.8 Å². The van der Waals surface area contributed by atoms with Crippen molar-refractivity contribution in [3.8, 4) is 0 Å². The highest BCUT2D eigenvalue weighted by Crippen LogP contribution is 2.38. The highest BCUT2D eigenvalue weighted by Gasteiger charge is 2.39. The first kappa shape index (κ1) is 16.6. The second-order valence-electron chi connectivity index (χ2n) is 7.02. The number of sulfone groups is 1. The normalized spacial score (nSPS) is 35.9. The van der Waals surface area contributed by atoms with Crippen LogP contribution in [-0.2, 0) is 9.84 Å². The van der Waals surface area contributed by atoms with Crippen LogP contribution in [0, 0.1) is 11.3 Å². The predicted octanol–water partition coefficient (Wildman–Crippen LogP) is 1.56. The van der Waals surface area contributed by atoms with Crippen LogP contribution in [0.2, 0.25) is 0 Å². The van der Waals surface area contributed by atoms with Crippen molar-refractivity contribution >= 4 is 21.6 Å². The van der Waals surface area contributed by atoms with Gasteiger partial charge in [0, 0.05) is 36.9 Å². The van der Waals surface area contributed by atoms with E-state index in [2.05, 4.69) is 18.7 Å². The molecular weight excluding hydrogens is 292 g/mol. The van der Waals surface area contributed by atoms with Gasteiger partial charge in [-0.15, -0.1) is 0 Å². The van der Waals surface area contributed by atoms with Crippen molar-refractivity contribution in [1.29, 1.82) is 0 Å². The van der Waals surface area contributed by atoms with E-state index in [4.69, 9.17) is 5.73 Å². The van der Waals surface area contributed by atoms with E-state index in [9.17, 15) is 8.42 Å². The third-order valence-electron chi connectivity index (χ3n) is 4.96. The number of hydrogen-bond acceptors (Lipinski definition) is 5. The Labute approximate surface area is 127 Å². The summed E-state index contributed by atoms with van der Waals surface area (Å²) in [5.74, 6) is 2.15. The molecule has 1 aliphatic heterocycles. The molecule has 2 N–H and O–H groups in total. The van der Waals surface area contributed by atoms with Gasteiger partial charge in [-0.05, 0) is 24.2 Å². The third-order valence-corrected chi connectivity index (χ3v) is 7.65. The molecule has 4 nitrogen and oxygen atoms in total. The first-order valence-electron chi connectivity index (χ1n) is 7.48. The molecule has 0 aromatic heterocycles. The molecule has 1 saturated heterocycles. The third kappa shape index (κ3) is 3.70. The van der Waals surface area contributed by atoms with Crippen molar-refractivity contribution in [3.63, 3.8) is 0 Å². The number of nitrogens with zero attached hydrogens (tertiary/aromatic N) is 1. The number of nitrogens with two attached hydrogens (primary N) is 1. The minimum Gasteiger partial charge on any atom is -0.327 e. The first-order chi connectivity index (χ1) is 9.22. The van der Waals surface area contributed by atoms with E-state index in [1.807, 2.05) is 0 Å². The van der Waals surface area contributed by atoms with Crippen molar-refractivity contribution in [2.24, 2.45) is 17.1 Å². The number of hydrogen-bond donors (Lipinski definition) is 1. The molecule has 1 saturated carbocycles. The second-order valence-corrected chi connectivity index (χ2v) is 10.4. The first-order valence-corrected chi connectivity index (χ1v) is 10.6. The van der Waals surface area contributed by atoms with E-state index in [1.54, 1.807) is 11.8 Å². The number of rotatable bonds is 3. The van der Waals surface area contributed by atoms with E-state index < -0.39 is 9.84 Å². The van der Waals surface area contributed by atoms with Crippen LogP contribution in [0.3, 0.4) is 0 Å². The Balaban J connectivity index is 2.07. The van der Waals surface area contributed by atoms with Crippen molar-refractivity contribution in [2.45, 2.75) is 44.5 Å². The van der Waals surface area contributed by atoms with Gasteiger partial charge in [-0.25, -0.2) is 8.42 Å². The number of thioether (sulfide) groups is 1. The van der Waals surface area contributed by atoms with E-state index in [0.717, 1.165) is 25.3 Å². The van der Waals surface area contributed by atoms with Gasteiger partial charge < -0.3 is 5.73 Å². The summed E-state index contributed by atoms with van der Waals surface area (Å²) in [6, 6.07) is 0.172. The molecule has 1 heterocycles. The molecule has 0 radical (unpaired) electrons. The van der Waals surface area contributed by atoms with Crippen molar-refractivity contribution in [2.75, 3.05) is 30.9 Å². The fraction of sp³-hybridized carbons (Fsp3) is 1.00. The zero-order chi connectivity index (χ0) is 15.0. The zero-order valence-electron chi connectivity index (χ0n) is 12.8. The van der Waals surface area contributed by atoms with Crippen LogP contribution in [0.5, 0.6) is 0 Å². The fourth-order valence-electron chi connectivity index (χ4n) is 3.53. The van der Waals surface area contributed by atoms with E-state index in [-0.39, 0.29) is 16.8 Å². The maximum absolute atomic E-state index is 12.0. The van der Waals surface area contributed by atoms with E-state index in [0.29, 0.717) is 11.7 Å². The molecule has 2 fully saturated rings. The molecule has 1 aliphatic carbocycles. The summed E-state index contributed by atoms with van der Waals surface area (Å²) in [6.45, 7) is 6.18. The molecule has 6 heteroatoms. The van der Waals surface area contributed by atoms with Gasteiger partial charge in [-0.2, -0.15) is 11.8 Å². The molecule has 3 unspecified atom stereocenters. The smallest absolute Gasteiger partial charge is 0.164 e. The summed E-state index contributed by atoms with van der Waals surface area (Å²) >= 11 is 1.74. The Morgan fingerprint density at radius 3 is 2.75 bits per heavy atom. The van der Waals surface area contributed by atoms with E-state index >= 15 is 0 Å². The lowest BCUT2D eigenvalue weighted by Gasteiger charge is -2.45.